The van der Waals surface area contributed by atoms with Gasteiger partial charge in [0.25, 0.3) is 0 Å². The number of benzene rings is 1. The molecule has 1 aliphatic heterocycles. The lowest BCUT2D eigenvalue weighted by Gasteiger charge is -2.16. The molecule has 0 saturated carbocycles. The third kappa shape index (κ3) is 2.83. The van der Waals surface area contributed by atoms with Crippen LogP contribution in [-0.4, -0.2) is 27.4 Å². The van der Waals surface area contributed by atoms with Crippen molar-refractivity contribution in [1.82, 2.24) is 4.90 Å². The van der Waals surface area contributed by atoms with Crippen molar-refractivity contribution in [2.75, 3.05) is 13.1 Å². The van der Waals surface area contributed by atoms with Gasteiger partial charge in [-0.3, -0.25) is 4.79 Å². The van der Waals surface area contributed by atoms with Crippen LogP contribution < -0.4 is 0 Å². The maximum absolute atomic E-state index is 11.9. The second-order valence-electron chi connectivity index (χ2n) is 3.72. The number of carbonyl (C=O) groups is 1. The molecule has 1 saturated heterocycles. The zero-order chi connectivity index (χ0) is 11.4. The number of thioether (sulfide) groups is 1. The first-order chi connectivity index (χ1) is 7.77. The van der Waals surface area contributed by atoms with Crippen molar-refractivity contribution in [2.45, 2.75) is 12.8 Å². The van der Waals surface area contributed by atoms with Crippen molar-refractivity contribution < 1.29 is 4.79 Å². The molecule has 16 heavy (non-hydrogen) atoms. The van der Waals surface area contributed by atoms with E-state index in [1.54, 1.807) is 0 Å². The molecule has 0 bridgehead atoms. The minimum atomic E-state index is 0.0394. The van der Waals surface area contributed by atoms with E-state index in [1.165, 1.54) is 24.6 Å². The van der Waals surface area contributed by atoms with Gasteiger partial charge in [-0.25, -0.2) is 0 Å². The Morgan fingerprint density at radius 1 is 1.19 bits per heavy atom. The number of hydrogen-bond acceptors (Lipinski definition) is 3. The maximum Gasteiger partial charge on any atom is 0.226 e. The van der Waals surface area contributed by atoms with Crippen LogP contribution in [0.25, 0.3) is 0 Å². The SMILES string of the molecule is O=C(SC(=S)N1CCCC1)c1ccccc1. The Balaban J connectivity index is 1.94. The summed E-state index contributed by atoms with van der Waals surface area (Å²) in [6, 6.07) is 9.28. The Morgan fingerprint density at radius 3 is 2.44 bits per heavy atom. The summed E-state index contributed by atoms with van der Waals surface area (Å²) in [6.07, 6.45) is 2.36. The lowest BCUT2D eigenvalue weighted by Crippen LogP contribution is -2.24. The number of rotatable bonds is 1. The molecule has 2 nitrogen and oxygen atoms in total. The first-order valence-electron chi connectivity index (χ1n) is 5.33. The Morgan fingerprint density at radius 2 is 1.81 bits per heavy atom. The van der Waals surface area contributed by atoms with Crippen LogP contribution in [0.15, 0.2) is 30.3 Å². The summed E-state index contributed by atoms with van der Waals surface area (Å²) in [5.41, 5.74) is 0.717. The summed E-state index contributed by atoms with van der Waals surface area (Å²) in [5.74, 6) is 0. The van der Waals surface area contributed by atoms with E-state index in [9.17, 15) is 4.79 Å². The number of thiocarbonyl (C=S) groups is 1. The van der Waals surface area contributed by atoms with Gasteiger partial charge < -0.3 is 4.90 Å². The Hall–Kier alpha value is -0.870. The van der Waals surface area contributed by atoms with Crippen LogP contribution in [0.1, 0.15) is 23.2 Å². The molecular formula is C12H13NOS2. The largest absolute Gasteiger partial charge is 0.357 e. The highest BCUT2D eigenvalue weighted by atomic mass is 32.2. The molecule has 0 spiro atoms. The number of likely N-dealkylation sites (tertiary alicyclic amines) is 1. The third-order valence-electron chi connectivity index (χ3n) is 2.55. The summed E-state index contributed by atoms with van der Waals surface area (Å²) in [6.45, 7) is 1.99. The summed E-state index contributed by atoms with van der Waals surface area (Å²) in [7, 11) is 0. The van der Waals surface area contributed by atoms with E-state index < -0.39 is 0 Å². The predicted molar refractivity (Wildman–Crippen MR) is 71.8 cm³/mol. The average Bonchev–Trinajstić information content (AvgIpc) is 2.83. The molecule has 1 aromatic rings. The normalized spacial score (nSPS) is 15.1. The van der Waals surface area contributed by atoms with E-state index in [0.29, 0.717) is 9.88 Å². The monoisotopic (exact) mass is 251 g/mol. The molecular weight excluding hydrogens is 238 g/mol. The molecule has 0 amide bonds. The van der Waals surface area contributed by atoms with E-state index in [0.717, 1.165) is 13.1 Å². The lowest BCUT2D eigenvalue weighted by molar-refractivity contribution is 0.109. The minimum absolute atomic E-state index is 0.0394. The van der Waals surface area contributed by atoms with Gasteiger partial charge in [-0.1, -0.05) is 42.5 Å². The van der Waals surface area contributed by atoms with Gasteiger partial charge in [0.05, 0.1) is 0 Å². The van der Waals surface area contributed by atoms with Crippen molar-refractivity contribution in [2.24, 2.45) is 0 Å². The van der Waals surface area contributed by atoms with Crippen molar-refractivity contribution in [3.05, 3.63) is 35.9 Å². The van der Waals surface area contributed by atoms with Gasteiger partial charge in [-0.15, -0.1) is 0 Å². The summed E-state index contributed by atoms with van der Waals surface area (Å²) in [5, 5.41) is 0.0394. The van der Waals surface area contributed by atoms with Gasteiger partial charge in [0.1, 0.15) is 4.32 Å². The highest BCUT2D eigenvalue weighted by molar-refractivity contribution is 8.33. The molecule has 4 heteroatoms. The fourth-order valence-electron chi connectivity index (χ4n) is 1.68. The number of hydrogen-bond donors (Lipinski definition) is 0. The summed E-state index contributed by atoms with van der Waals surface area (Å²) >= 11 is 6.43. The van der Waals surface area contributed by atoms with Crippen molar-refractivity contribution in [1.29, 1.82) is 0 Å². The standard InChI is InChI=1S/C12H13NOS2/c14-11(10-6-2-1-3-7-10)16-12(15)13-8-4-5-9-13/h1-3,6-7H,4-5,8-9H2. The van der Waals surface area contributed by atoms with Gasteiger partial charge in [-0.05, 0) is 24.6 Å². The van der Waals surface area contributed by atoms with E-state index in [4.69, 9.17) is 12.2 Å². The molecule has 1 heterocycles. The van der Waals surface area contributed by atoms with E-state index >= 15 is 0 Å². The Labute approximate surface area is 105 Å². The highest BCUT2D eigenvalue weighted by Crippen LogP contribution is 2.20. The predicted octanol–water partition coefficient (Wildman–Crippen LogP) is 2.94. The molecule has 0 aliphatic carbocycles. The van der Waals surface area contributed by atoms with E-state index in [-0.39, 0.29) is 5.12 Å². The molecule has 1 fully saturated rings. The van der Waals surface area contributed by atoms with Crippen LogP contribution in [0.3, 0.4) is 0 Å². The first-order valence-corrected chi connectivity index (χ1v) is 6.56. The first kappa shape index (κ1) is 11.6. The van der Waals surface area contributed by atoms with Crippen molar-refractivity contribution >= 4 is 33.4 Å². The van der Waals surface area contributed by atoms with Gasteiger partial charge in [-0.2, -0.15) is 0 Å². The fourth-order valence-corrected chi connectivity index (χ4v) is 2.81. The van der Waals surface area contributed by atoms with Gasteiger partial charge in [0.15, 0.2) is 0 Å². The molecule has 1 aliphatic rings. The molecule has 0 N–H and O–H groups in total. The zero-order valence-corrected chi connectivity index (χ0v) is 10.5. The topological polar surface area (TPSA) is 20.3 Å². The molecule has 0 aromatic heterocycles. The summed E-state index contributed by atoms with van der Waals surface area (Å²) in [4.78, 5) is 14.0. The third-order valence-corrected chi connectivity index (χ3v) is 3.92. The van der Waals surface area contributed by atoms with Gasteiger partial charge >= 0.3 is 0 Å². The molecule has 2 rings (SSSR count). The van der Waals surface area contributed by atoms with E-state index in [2.05, 4.69) is 4.90 Å². The fraction of sp³-hybridized carbons (Fsp3) is 0.333. The second-order valence-corrected chi connectivity index (χ2v) is 5.32. The maximum atomic E-state index is 11.9. The number of carbonyl (C=O) groups excluding carboxylic acids is 1. The van der Waals surface area contributed by atoms with Crippen molar-refractivity contribution in [3.63, 3.8) is 0 Å². The number of nitrogens with zero attached hydrogens (tertiary/aromatic N) is 1. The van der Waals surface area contributed by atoms with Crippen molar-refractivity contribution in [3.8, 4) is 0 Å². The molecule has 0 atom stereocenters. The highest BCUT2D eigenvalue weighted by Gasteiger charge is 2.18. The summed E-state index contributed by atoms with van der Waals surface area (Å²) < 4.78 is 0.714. The van der Waals surface area contributed by atoms with Gasteiger partial charge in [0.2, 0.25) is 5.12 Å². The lowest BCUT2D eigenvalue weighted by atomic mass is 10.2. The zero-order valence-electron chi connectivity index (χ0n) is 8.89. The minimum Gasteiger partial charge on any atom is -0.357 e. The van der Waals surface area contributed by atoms with E-state index in [1.807, 2.05) is 30.3 Å². The Bertz CT molecular complexity index is 385. The van der Waals surface area contributed by atoms with Crippen LogP contribution in [0.4, 0.5) is 0 Å². The van der Waals surface area contributed by atoms with Crippen LogP contribution in [0, 0.1) is 0 Å². The molecule has 0 radical (unpaired) electrons. The van der Waals surface area contributed by atoms with Gasteiger partial charge in [0, 0.05) is 18.7 Å². The van der Waals surface area contributed by atoms with Crippen LogP contribution in [0.2, 0.25) is 0 Å². The average molecular weight is 251 g/mol. The van der Waals surface area contributed by atoms with Crippen LogP contribution in [-0.2, 0) is 0 Å². The Kier molecular flexibility index (Phi) is 3.96. The second kappa shape index (κ2) is 5.46. The smallest absolute Gasteiger partial charge is 0.226 e. The molecule has 1 aromatic carbocycles. The molecule has 0 unspecified atom stereocenters. The molecule has 84 valence electrons. The van der Waals surface area contributed by atoms with Crippen LogP contribution >= 0.6 is 24.0 Å². The van der Waals surface area contributed by atoms with Crippen LogP contribution in [0.5, 0.6) is 0 Å². The quantitative estimate of drug-likeness (QED) is 0.715.